The van der Waals surface area contributed by atoms with Gasteiger partial charge in [-0.15, -0.1) is 0 Å². The van der Waals surface area contributed by atoms with Crippen molar-refractivity contribution in [2.45, 2.75) is 13.3 Å². The molecule has 1 aromatic carbocycles. The summed E-state index contributed by atoms with van der Waals surface area (Å²) in [6.45, 7) is 1.78. The summed E-state index contributed by atoms with van der Waals surface area (Å²) in [4.78, 5) is 22.1. The average Bonchev–Trinajstić information content (AvgIpc) is 2.16. The summed E-state index contributed by atoms with van der Waals surface area (Å²) in [5, 5.41) is 0. The largest absolute Gasteiger partial charge is 0.298 e. The molecule has 0 N–H and O–H groups in total. The van der Waals surface area contributed by atoms with Gasteiger partial charge in [-0.2, -0.15) is 0 Å². The Hall–Kier alpha value is -0.960. The quantitative estimate of drug-likeness (QED) is 0.602. The van der Waals surface area contributed by atoms with Crippen molar-refractivity contribution in [1.29, 1.82) is 0 Å². The Morgan fingerprint density at radius 1 is 1.54 bits per heavy atom. The molecule has 0 aromatic heterocycles. The van der Waals surface area contributed by atoms with E-state index in [0.29, 0.717) is 28.3 Å². The fraction of sp³-hybridized carbons (Fsp3) is 0.200. The lowest BCUT2D eigenvalue weighted by Gasteiger charge is -2.03. The number of hydrogen-bond donors (Lipinski definition) is 0. The number of carbonyl (C=O) groups is 2. The first-order chi connectivity index (χ1) is 6.20. The van der Waals surface area contributed by atoms with Gasteiger partial charge in [0, 0.05) is 22.0 Å². The van der Waals surface area contributed by atoms with Crippen LogP contribution in [0.15, 0.2) is 22.7 Å². The van der Waals surface area contributed by atoms with E-state index in [1.54, 1.807) is 25.1 Å². The first kappa shape index (κ1) is 10.1. The number of aldehydes is 1. The lowest BCUT2D eigenvalue weighted by molar-refractivity contribution is 0.0981. The molecular weight excluding hydrogens is 232 g/mol. The Morgan fingerprint density at radius 2 is 2.23 bits per heavy atom. The topological polar surface area (TPSA) is 34.1 Å². The van der Waals surface area contributed by atoms with Crippen molar-refractivity contribution in [3.63, 3.8) is 0 Å². The molecule has 0 aliphatic carbocycles. The van der Waals surface area contributed by atoms with Crippen molar-refractivity contribution in [1.82, 2.24) is 0 Å². The summed E-state index contributed by atoms with van der Waals surface area (Å²) in [6.07, 6.45) is 1.12. The Labute approximate surface area is 85.1 Å². The number of halogens is 1. The van der Waals surface area contributed by atoms with Gasteiger partial charge in [-0.1, -0.05) is 35.0 Å². The molecule has 1 aromatic rings. The zero-order valence-electron chi connectivity index (χ0n) is 7.21. The van der Waals surface area contributed by atoms with Gasteiger partial charge in [-0.3, -0.25) is 9.59 Å². The fourth-order valence-corrected chi connectivity index (χ4v) is 1.55. The van der Waals surface area contributed by atoms with Crippen molar-refractivity contribution in [3.8, 4) is 0 Å². The van der Waals surface area contributed by atoms with E-state index in [1.165, 1.54) is 0 Å². The molecule has 0 heterocycles. The SMILES string of the molecule is CCC(=O)c1cccc(Br)c1C=O. The lowest BCUT2D eigenvalue weighted by atomic mass is 10.0. The summed E-state index contributed by atoms with van der Waals surface area (Å²) in [7, 11) is 0. The predicted molar refractivity (Wildman–Crippen MR) is 54.2 cm³/mol. The zero-order chi connectivity index (χ0) is 9.84. The van der Waals surface area contributed by atoms with E-state index in [1.807, 2.05) is 0 Å². The molecule has 0 fully saturated rings. The van der Waals surface area contributed by atoms with Crippen molar-refractivity contribution >= 4 is 28.0 Å². The van der Waals surface area contributed by atoms with Gasteiger partial charge in [-0.05, 0) is 6.07 Å². The number of benzene rings is 1. The summed E-state index contributed by atoms with van der Waals surface area (Å²) in [5.41, 5.74) is 0.932. The molecule has 0 spiro atoms. The second-order valence-corrected chi connectivity index (χ2v) is 3.45. The third-order valence-electron chi connectivity index (χ3n) is 1.79. The molecule has 0 unspecified atom stereocenters. The van der Waals surface area contributed by atoms with E-state index in [4.69, 9.17) is 0 Å². The molecule has 68 valence electrons. The van der Waals surface area contributed by atoms with Crippen LogP contribution in [0.1, 0.15) is 34.1 Å². The van der Waals surface area contributed by atoms with Gasteiger partial charge in [0.15, 0.2) is 12.1 Å². The first-order valence-electron chi connectivity index (χ1n) is 3.97. The third-order valence-corrected chi connectivity index (χ3v) is 2.48. The second kappa shape index (κ2) is 4.33. The Bertz CT molecular complexity index is 345. The average molecular weight is 241 g/mol. The summed E-state index contributed by atoms with van der Waals surface area (Å²) in [5.74, 6) is -0.0107. The molecule has 0 saturated carbocycles. The van der Waals surface area contributed by atoms with Crippen LogP contribution < -0.4 is 0 Å². The van der Waals surface area contributed by atoms with Crippen molar-refractivity contribution in [2.24, 2.45) is 0 Å². The zero-order valence-corrected chi connectivity index (χ0v) is 8.80. The molecule has 0 bridgehead atoms. The molecule has 0 atom stereocenters. The van der Waals surface area contributed by atoms with Crippen LogP contribution in [0.2, 0.25) is 0 Å². The number of ketones is 1. The minimum atomic E-state index is -0.0107. The highest BCUT2D eigenvalue weighted by Gasteiger charge is 2.10. The fourth-order valence-electron chi connectivity index (χ4n) is 1.09. The first-order valence-corrected chi connectivity index (χ1v) is 4.77. The van der Waals surface area contributed by atoms with Crippen LogP contribution in [0.3, 0.4) is 0 Å². The predicted octanol–water partition coefficient (Wildman–Crippen LogP) is 2.85. The normalized spacial score (nSPS) is 9.69. The van der Waals surface area contributed by atoms with Gasteiger partial charge in [-0.25, -0.2) is 0 Å². The maximum atomic E-state index is 11.4. The minimum Gasteiger partial charge on any atom is -0.298 e. The van der Waals surface area contributed by atoms with Crippen LogP contribution in [-0.2, 0) is 0 Å². The summed E-state index contributed by atoms with van der Waals surface area (Å²) >= 11 is 3.22. The molecule has 2 nitrogen and oxygen atoms in total. The Kier molecular flexibility index (Phi) is 3.37. The highest BCUT2D eigenvalue weighted by atomic mass is 79.9. The second-order valence-electron chi connectivity index (χ2n) is 2.60. The van der Waals surface area contributed by atoms with Crippen LogP contribution in [0.25, 0.3) is 0 Å². The Morgan fingerprint density at radius 3 is 2.77 bits per heavy atom. The van der Waals surface area contributed by atoms with Crippen LogP contribution in [0.5, 0.6) is 0 Å². The van der Waals surface area contributed by atoms with E-state index in [0.717, 1.165) is 0 Å². The van der Waals surface area contributed by atoms with E-state index >= 15 is 0 Å². The van der Waals surface area contributed by atoms with E-state index in [-0.39, 0.29) is 5.78 Å². The molecule has 13 heavy (non-hydrogen) atoms. The van der Waals surface area contributed by atoms with Gasteiger partial charge in [0.1, 0.15) is 0 Å². The molecule has 0 radical (unpaired) electrons. The van der Waals surface area contributed by atoms with Gasteiger partial charge < -0.3 is 0 Å². The molecule has 0 aliphatic heterocycles. The molecule has 0 saturated heterocycles. The van der Waals surface area contributed by atoms with Gasteiger partial charge in [0.05, 0.1) is 0 Å². The van der Waals surface area contributed by atoms with Crippen molar-refractivity contribution < 1.29 is 9.59 Å². The molecule has 0 amide bonds. The van der Waals surface area contributed by atoms with Crippen LogP contribution >= 0.6 is 15.9 Å². The van der Waals surface area contributed by atoms with E-state index < -0.39 is 0 Å². The smallest absolute Gasteiger partial charge is 0.163 e. The standard InChI is InChI=1S/C10H9BrO2/c1-2-10(13)7-4-3-5-9(11)8(7)6-12/h3-6H,2H2,1H3. The summed E-state index contributed by atoms with van der Waals surface area (Å²) < 4.78 is 0.668. The number of carbonyl (C=O) groups excluding carboxylic acids is 2. The van der Waals surface area contributed by atoms with Gasteiger partial charge in [0.25, 0.3) is 0 Å². The monoisotopic (exact) mass is 240 g/mol. The highest BCUT2D eigenvalue weighted by Crippen LogP contribution is 2.19. The number of rotatable bonds is 3. The summed E-state index contributed by atoms with van der Waals surface area (Å²) in [6, 6.07) is 5.16. The number of hydrogen-bond acceptors (Lipinski definition) is 2. The molecule has 1 rings (SSSR count). The third kappa shape index (κ3) is 2.04. The van der Waals surface area contributed by atoms with Crippen LogP contribution in [0.4, 0.5) is 0 Å². The maximum absolute atomic E-state index is 11.4. The van der Waals surface area contributed by atoms with E-state index in [9.17, 15) is 9.59 Å². The van der Waals surface area contributed by atoms with Crippen LogP contribution in [-0.4, -0.2) is 12.1 Å². The van der Waals surface area contributed by atoms with Crippen molar-refractivity contribution in [2.75, 3.05) is 0 Å². The van der Waals surface area contributed by atoms with Crippen molar-refractivity contribution in [3.05, 3.63) is 33.8 Å². The number of Topliss-reactive ketones (excluding diaryl/α,β-unsaturated/α-hetero) is 1. The van der Waals surface area contributed by atoms with Crippen LogP contribution in [0, 0.1) is 0 Å². The van der Waals surface area contributed by atoms with Gasteiger partial charge >= 0.3 is 0 Å². The lowest BCUT2D eigenvalue weighted by Crippen LogP contribution is -2.02. The minimum absolute atomic E-state index is 0.0107. The molecule has 0 aliphatic rings. The van der Waals surface area contributed by atoms with Gasteiger partial charge in [0.2, 0.25) is 0 Å². The maximum Gasteiger partial charge on any atom is 0.163 e. The van der Waals surface area contributed by atoms with E-state index in [2.05, 4.69) is 15.9 Å². The molecular formula is C10H9BrO2. The highest BCUT2D eigenvalue weighted by molar-refractivity contribution is 9.10. The molecule has 3 heteroatoms. The Balaban J connectivity index is 3.28.